The van der Waals surface area contributed by atoms with Gasteiger partial charge in [-0.3, -0.25) is 19.4 Å². The highest BCUT2D eigenvalue weighted by Gasteiger charge is 2.20. The lowest BCUT2D eigenvalue weighted by Crippen LogP contribution is -2.31. The number of anilines is 2. The predicted molar refractivity (Wildman–Crippen MR) is 98.2 cm³/mol. The molecule has 130 valence electrons. The van der Waals surface area contributed by atoms with Crippen LogP contribution < -0.4 is 9.80 Å². The van der Waals surface area contributed by atoms with Crippen LogP contribution in [0.1, 0.15) is 20.7 Å². The maximum atomic E-state index is 12.5. The predicted octanol–water partition coefficient (Wildman–Crippen LogP) is 2.42. The van der Waals surface area contributed by atoms with Crippen molar-refractivity contribution < 1.29 is 9.59 Å². The highest BCUT2D eigenvalue weighted by Crippen LogP contribution is 2.15. The van der Waals surface area contributed by atoms with Gasteiger partial charge in [-0.1, -0.05) is 36.4 Å². The van der Waals surface area contributed by atoms with E-state index in [-0.39, 0.29) is 23.7 Å². The van der Waals surface area contributed by atoms with Crippen molar-refractivity contribution in [2.75, 3.05) is 23.9 Å². The van der Waals surface area contributed by atoms with Crippen LogP contribution in [0, 0.1) is 0 Å². The SMILES string of the molecule is CN(C(=O)c1ccccc1)c1ncnc(N(C)C(=O)c2ccccc2)n1. The Labute approximate surface area is 151 Å². The van der Waals surface area contributed by atoms with Crippen molar-refractivity contribution >= 4 is 23.7 Å². The van der Waals surface area contributed by atoms with Crippen molar-refractivity contribution in [2.24, 2.45) is 0 Å². The van der Waals surface area contributed by atoms with Gasteiger partial charge >= 0.3 is 0 Å². The van der Waals surface area contributed by atoms with Gasteiger partial charge in [0.2, 0.25) is 11.9 Å². The van der Waals surface area contributed by atoms with E-state index in [0.29, 0.717) is 11.1 Å². The fraction of sp³-hybridized carbons (Fsp3) is 0.105. The second-order valence-electron chi connectivity index (χ2n) is 5.55. The fourth-order valence-electron chi connectivity index (χ4n) is 2.33. The maximum Gasteiger partial charge on any atom is 0.260 e. The van der Waals surface area contributed by atoms with E-state index in [9.17, 15) is 9.59 Å². The quantitative estimate of drug-likeness (QED) is 0.724. The first-order valence-corrected chi connectivity index (χ1v) is 7.93. The molecule has 1 aromatic heterocycles. The number of amides is 2. The minimum atomic E-state index is -0.250. The van der Waals surface area contributed by atoms with Crippen molar-refractivity contribution in [3.8, 4) is 0 Å². The van der Waals surface area contributed by atoms with Gasteiger partial charge < -0.3 is 0 Å². The average molecular weight is 347 g/mol. The lowest BCUT2D eigenvalue weighted by atomic mass is 10.2. The van der Waals surface area contributed by atoms with Crippen LogP contribution in [-0.4, -0.2) is 40.9 Å². The molecule has 2 aromatic carbocycles. The molecule has 0 radical (unpaired) electrons. The van der Waals surface area contributed by atoms with E-state index >= 15 is 0 Å². The van der Waals surface area contributed by atoms with Gasteiger partial charge in [0.05, 0.1) is 0 Å². The lowest BCUT2D eigenvalue weighted by Gasteiger charge is -2.18. The Hall–Kier alpha value is -3.61. The molecule has 0 aliphatic rings. The van der Waals surface area contributed by atoms with Gasteiger partial charge in [0, 0.05) is 25.2 Å². The molecular formula is C19H17N5O2. The molecule has 2 amide bonds. The molecule has 0 aliphatic heterocycles. The monoisotopic (exact) mass is 347 g/mol. The molecule has 0 saturated heterocycles. The summed E-state index contributed by atoms with van der Waals surface area (Å²) in [7, 11) is 3.15. The van der Waals surface area contributed by atoms with E-state index in [0.717, 1.165) is 0 Å². The molecule has 1 heterocycles. The van der Waals surface area contributed by atoms with Crippen molar-refractivity contribution in [3.63, 3.8) is 0 Å². The van der Waals surface area contributed by atoms with Crippen molar-refractivity contribution in [2.45, 2.75) is 0 Å². The molecule has 0 aliphatic carbocycles. The second-order valence-corrected chi connectivity index (χ2v) is 5.55. The Morgan fingerprint density at radius 1 is 0.692 bits per heavy atom. The van der Waals surface area contributed by atoms with Gasteiger partial charge in [0.25, 0.3) is 11.8 Å². The minimum Gasteiger partial charge on any atom is -0.280 e. The first kappa shape index (κ1) is 17.2. The summed E-state index contributed by atoms with van der Waals surface area (Å²) in [5, 5.41) is 0. The van der Waals surface area contributed by atoms with Crippen LogP contribution in [-0.2, 0) is 0 Å². The average Bonchev–Trinajstić information content (AvgIpc) is 2.73. The summed E-state index contributed by atoms with van der Waals surface area (Å²) >= 11 is 0. The third-order valence-electron chi connectivity index (χ3n) is 3.80. The number of aromatic nitrogens is 3. The van der Waals surface area contributed by atoms with E-state index in [1.54, 1.807) is 62.6 Å². The summed E-state index contributed by atoms with van der Waals surface area (Å²) in [6, 6.07) is 17.7. The van der Waals surface area contributed by atoms with Gasteiger partial charge in [0.15, 0.2) is 0 Å². The first-order valence-electron chi connectivity index (χ1n) is 7.93. The number of rotatable bonds is 4. The molecule has 0 atom stereocenters. The number of benzene rings is 2. The Balaban J connectivity index is 1.84. The van der Waals surface area contributed by atoms with Gasteiger partial charge in [-0.2, -0.15) is 4.98 Å². The molecular weight excluding hydrogens is 330 g/mol. The Kier molecular flexibility index (Phi) is 4.98. The number of hydrogen-bond donors (Lipinski definition) is 0. The van der Waals surface area contributed by atoms with Gasteiger partial charge in [-0.15, -0.1) is 0 Å². The maximum absolute atomic E-state index is 12.5. The van der Waals surface area contributed by atoms with Crippen LogP contribution in [0.15, 0.2) is 67.0 Å². The highest BCUT2D eigenvalue weighted by molar-refractivity contribution is 6.06. The van der Waals surface area contributed by atoms with Crippen LogP contribution in [0.5, 0.6) is 0 Å². The van der Waals surface area contributed by atoms with Gasteiger partial charge in [0.1, 0.15) is 6.33 Å². The summed E-state index contributed by atoms with van der Waals surface area (Å²) in [5.74, 6) is -0.173. The molecule has 7 nitrogen and oxygen atoms in total. The number of carbonyl (C=O) groups is 2. The molecule has 0 fully saturated rings. The Morgan fingerprint density at radius 2 is 1.08 bits per heavy atom. The molecule has 0 saturated carbocycles. The molecule has 0 unspecified atom stereocenters. The third kappa shape index (κ3) is 3.56. The van der Waals surface area contributed by atoms with Crippen molar-refractivity contribution in [1.82, 2.24) is 15.0 Å². The highest BCUT2D eigenvalue weighted by atomic mass is 16.2. The van der Waals surface area contributed by atoms with Gasteiger partial charge in [-0.25, -0.2) is 9.97 Å². The molecule has 0 N–H and O–H groups in total. The molecule has 26 heavy (non-hydrogen) atoms. The zero-order chi connectivity index (χ0) is 18.5. The molecule has 3 rings (SSSR count). The van der Waals surface area contributed by atoms with Crippen molar-refractivity contribution in [3.05, 3.63) is 78.1 Å². The Bertz CT molecular complexity index is 843. The van der Waals surface area contributed by atoms with E-state index in [4.69, 9.17) is 0 Å². The number of nitrogens with zero attached hydrogens (tertiary/aromatic N) is 5. The molecule has 0 bridgehead atoms. The lowest BCUT2D eigenvalue weighted by molar-refractivity contribution is 0.0986. The normalized spacial score (nSPS) is 10.2. The topological polar surface area (TPSA) is 79.3 Å². The largest absolute Gasteiger partial charge is 0.280 e. The van der Waals surface area contributed by atoms with Crippen LogP contribution in [0.25, 0.3) is 0 Å². The first-order chi connectivity index (χ1) is 12.6. The summed E-state index contributed by atoms with van der Waals surface area (Å²) in [5.41, 5.74) is 1.04. The van der Waals surface area contributed by atoms with E-state index in [1.807, 2.05) is 12.1 Å². The zero-order valence-electron chi connectivity index (χ0n) is 14.4. The van der Waals surface area contributed by atoms with E-state index < -0.39 is 0 Å². The van der Waals surface area contributed by atoms with E-state index in [2.05, 4.69) is 15.0 Å². The summed E-state index contributed by atoms with van der Waals surface area (Å²) < 4.78 is 0. The molecule has 7 heteroatoms. The summed E-state index contributed by atoms with van der Waals surface area (Å²) in [6.07, 6.45) is 1.28. The molecule has 3 aromatic rings. The second kappa shape index (κ2) is 7.52. The standard InChI is InChI=1S/C19H17N5O2/c1-23(16(25)14-9-5-3-6-10-14)18-20-13-21-19(22-18)24(2)17(26)15-11-7-4-8-12-15/h3-13H,1-2H3. The number of carbonyl (C=O) groups excluding carboxylic acids is 2. The summed E-state index contributed by atoms with van der Waals surface area (Å²) in [6.45, 7) is 0. The van der Waals surface area contributed by atoms with Crippen LogP contribution in [0.3, 0.4) is 0 Å². The molecule has 0 spiro atoms. The fourth-order valence-corrected chi connectivity index (χ4v) is 2.33. The number of hydrogen-bond acceptors (Lipinski definition) is 5. The van der Waals surface area contributed by atoms with Crippen LogP contribution in [0.4, 0.5) is 11.9 Å². The van der Waals surface area contributed by atoms with Crippen LogP contribution in [0.2, 0.25) is 0 Å². The zero-order valence-corrected chi connectivity index (χ0v) is 14.4. The van der Waals surface area contributed by atoms with Crippen LogP contribution >= 0.6 is 0 Å². The smallest absolute Gasteiger partial charge is 0.260 e. The van der Waals surface area contributed by atoms with Gasteiger partial charge in [-0.05, 0) is 24.3 Å². The third-order valence-corrected chi connectivity index (χ3v) is 3.80. The van der Waals surface area contributed by atoms with E-state index in [1.165, 1.54) is 16.1 Å². The summed E-state index contributed by atoms with van der Waals surface area (Å²) in [4.78, 5) is 40.0. The van der Waals surface area contributed by atoms with Crippen molar-refractivity contribution in [1.29, 1.82) is 0 Å². The Morgan fingerprint density at radius 3 is 1.46 bits per heavy atom. The minimum absolute atomic E-state index is 0.163.